The number of fused-ring (bicyclic) bond motifs is 2. The molecule has 24 heavy (non-hydrogen) atoms. The molecular formula is C17H22N6O. The molecule has 1 amide bonds. The van der Waals surface area contributed by atoms with E-state index in [2.05, 4.69) is 26.9 Å². The van der Waals surface area contributed by atoms with Gasteiger partial charge in [0.2, 0.25) is 5.91 Å². The smallest absolute Gasteiger partial charge is 0.227 e. The van der Waals surface area contributed by atoms with Crippen LogP contribution in [0, 0.1) is 17.2 Å². The molecule has 126 valence electrons. The van der Waals surface area contributed by atoms with E-state index in [4.69, 9.17) is 5.41 Å². The fourth-order valence-corrected chi connectivity index (χ4v) is 4.32. The standard InChI is InChI=1S/C17H22N6O/c1-22(17-14-3-5-19-16(14)20-10-21-17)13-6-11-8-23(9-12(11)7-13)15(24)2-4-18/h3-5,10-13,18H,2,6-9H2,1H3,(H,19,20,21)/t11-,12?,13?/m1/s1. The highest BCUT2D eigenvalue weighted by molar-refractivity contribution is 5.89. The third-order valence-electron chi connectivity index (χ3n) is 5.57. The number of carbonyl (C=O) groups is 1. The van der Waals surface area contributed by atoms with Crippen LogP contribution in [0.4, 0.5) is 5.82 Å². The van der Waals surface area contributed by atoms with Gasteiger partial charge in [-0.2, -0.15) is 0 Å². The van der Waals surface area contributed by atoms with E-state index < -0.39 is 0 Å². The molecule has 2 aromatic rings. The number of H-pyrrole nitrogens is 1. The SMILES string of the molecule is CN(c1ncnc2[nH]ccc12)C1CC2CN(C(=O)CC=N)C[C@H]2C1. The summed E-state index contributed by atoms with van der Waals surface area (Å²) in [5.41, 5.74) is 0.869. The molecule has 0 aromatic carbocycles. The van der Waals surface area contributed by atoms with Crippen LogP contribution in [0.2, 0.25) is 0 Å². The molecule has 2 N–H and O–H groups in total. The Bertz CT molecular complexity index is 757. The highest BCUT2D eigenvalue weighted by atomic mass is 16.2. The van der Waals surface area contributed by atoms with Crippen LogP contribution in [0.5, 0.6) is 0 Å². The van der Waals surface area contributed by atoms with E-state index in [0.29, 0.717) is 17.9 Å². The van der Waals surface area contributed by atoms with E-state index >= 15 is 0 Å². The third-order valence-corrected chi connectivity index (χ3v) is 5.57. The first-order valence-electron chi connectivity index (χ1n) is 8.45. The number of hydrogen-bond donors (Lipinski definition) is 2. The lowest BCUT2D eigenvalue weighted by Crippen LogP contribution is -2.34. The summed E-state index contributed by atoms with van der Waals surface area (Å²) in [6.07, 6.45) is 7.11. The molecule has 0 bridgehead atoms. The van der Waals surface area contributed by atoms with Gasteiger partial charge in [-0.15, -0.1) is 0 Å². The van der Waals surface area contributed by atoms with Crippen molar-refractivity contribution in [1.29, 1.82) is 5.41 Å². The van der Waals surface area contributed by atoms with Gasteiger partial charge < -0.3 is 20.2 Å². The Morgan fingerprint density at radius 2 is 2.17 bits per heavy atom. The van der Waals surface area contributed by atoms with Gasteiger partial charge in [0, 0.05) is 38.6 Å². The maximum Gasteiger partial charge on any atom is 0.227 e. The van der Waals surface area contributed by atoms with Crippen LogP contribution >= 0.6 is 0 Å². The quantitative estimate of drug-likeness (QED) is 0.837. The highest BCUT2D eigenvalue weighted by Crippen LogP contribution is 2.41. The number of aromatic amines is 1. The van der Waals surface area contributed by atoms with Crippen molar-refractivity contribution in [3.63, 3.8) is 0 Å². The molecule has 7 nitrogen and oxygen atoms in total. The van der Waals surface area contributed by atoms with Gasteiger partial charge in [-0.1, -0.05) is 0 Å². The number of amides is 1. The molecule has 3 heterocycles. The highest BCUT2D eigenvalue weighted by Gasteiger charge is 2.43. The minimum Gasteiger partial charge on any atom is -0.356 e. The van der Waals surface area contributed by atoms with Gasteiger partial charge in [-0.25, -0.2) is 9.97 Å². The first-order valence-corrected chi connectivity index (χ1v) is 8.45. The fourth-order valence-electron chi connectivity index (χ4n) is 4.32. The molecule has 1 saturated carbocycles. The van der Waals surface area contributed by atoms with Gasteiger partial charge in [-0.3, -0.25) is 4.79 Å². The van der Waals surface area contributed by atoms with Gasteiger partial charge in [-0.05, 0) is 30.7 Å². The van der Waals surface area contributed by atoms with Gasteiger partial charge in [0.05, 0.1) is 11.8 Å². The zero-order chi connectivity index (χ0) is 16.7. The molecule has 1 aliphatic heterocycles. The zero-order valence-electron chi connectivity index (χ0n) is 13.8. The summed E-state index contributed by atoms with van der Waals surface area (Å²) in [5.74, 6) is 2.20. The molecule has 7 heteroatoms. The van der Waals surface area contributed by atoms with E-state index in [-0.39, 0.29) is 12.3 Å². The van der Waals surface area contributed by atoms with Crippen LogP contribution in [-0.4, -0.2) is 58.2 Å². The lowest BCUT2D eigenvalue weighted by molar-refractivity contribution is -0.129. The molecule has 1 saturated heterocycles. The predicted octanol–water partition coefficient (Wildman–Crippen LogP) is 1.67. The minimum atomic E-state index is 0.0918. The topological polar surface area (TPSA) is 89.0 Å². The summed E-state index contributed by atoms with van der Waals surface area (Å²) in [6, 6.07) is 2.47. The summed E-state index contributed by atoms with van der Waals surface area (Å²) in [7, 11) is 2.11. The van der Waals surface area contributed by atoms with Crippen LogP contribution in [0.1, 0.15) is 19.3 Å². The Labute approximate surface area is 140 Å². The number of nitrogens with zero attached hydrogens (tertiary/aromatic N) is 4. The van der Waals surface area contributed by atoms with Crippen molar-refractivity contribution in [2.75, 3.05) is 25.0 Å². The number of hydrogen-bond acceptors (Lipinski definition) is 5. The minimum absolute atomic E-state index is 0.0918. The Kier molecular flexibility index (Phi) is 3.70. The maximum atomic E-state index is 12.0. The van der Waals surface area contributed by atoms with E-state index in [1.54, 1.807) is 6.33 Å². The van der Waals surface area contributed by atoms with Gasteiger partial charge in [0.1, 0.15) is 17.8 Å². The molecule has 2 aromatic heterocycles. The molecular weight excluding hydrogens is 304 g/mol. The maximum absolute atomic E-state index is 12.0. The normalized spacial score (nSPS) is 25.9. The van der Waals surface area contributed by atoms with Crippen molar-refractivity contribution in [1.82, 2.24) is 19.9 Å². The van der Waals surface area contributed by atoms with E-state index in [1.807, 2.05) is 17.2 Å². The fraction of sp³-hybridized carbons (Fsp3) is 0.529. The van der Waals surface area contributed by atoms with Crippen molar-refractivity contribution < 1.29 is 4.79 Å². The van der Waals surface area contributed by atoms with E-state index in [9.17, 15) is 4.79 Å². The summed E-state index contributed by atoms with van der Waals surface area (Å²) in [4.78, 5) is 28.1. The van der Waals surface area contributed by atoms with Crippen molar-refractivity contribution in [3.8, 4) is 0 Å². The Morgan fingerprint density at radius 3 is 2.88 bits per heavy atom. The van der Waals surface area contributed by atoms with Crippen LogP contribution in [0.25, 0.3) is 11.0 Å². The number of likely N-dealkylation sites (tertiary alicyclic amines) is 1. The van der Waals surface area contributed by atoms with Gasteiger partial charge in [0.25, 0.3) is 0 Å². The summed E-state index contributed by atoms with van der Waals surface area (Å²) >= 11 is 0. The molecule has 0 radical (unpaired) electrons. The van der Waals surface area contributed by atoms with Crippen LogP contribution < -0.4 is 4.90 Å². The Hall–Kier alpha value is -2.44. The monoisotopic (exact) mass is 326 g/mol. The first-order chi connectivity index (χ1) is 11.7. The summed E-state index contributed by atoms with van der Waals surface area (Å²) < 4.78 is 0. The molecule has 1 aliphatic carbocycles. The predicted molar refractivity (Wildman–Crippen MR) is 92.3 cm³/mol. The van der Waals surface area contributed by atoms with Crippen LogP contribution in [0.3, 0.4) is 0 Å². The molecule has 2 aliphatic rings. The Morgan fingerprint density at radius 1 is 1.42 bits per heavy atom. The second-order valence-corrected chi connectivity index (χ2v) is 6.90. The molecule has 3 atom stereocenters. The van der Waals surface area contributed by atoms with Crippen molar-refractivity contribution >= 4 is 29.0 Å². The van der Waals surface area contributed by atoms with Crippen molar-refractivity contribution in [2.24, 2.45) is 11.8 Å². The molecule has 0 spiro atoms. The average molecular weight is 326 g/mol. The zero-order valence-corrected chi connectivity index (χ0v) is 13.8. The number of carbonyl (C=O) groups excluding carboxylic acids is 1. The molecule has 2 unspecified atom stereocenters. The molecule has 4 rings (SSSR count). The number of aromatic nitrogens is 3. The Balaban J connectivity index is 1.46. The number of rotatable bonds is 4. The summed E-state index contributed by atoms with van der Waals surface area (Å²) in [6.45, 7) is 1.68. The lowest BCUT2D eigenvalue weighted by Gasteiger charge is -2.27. The van der Waals surface area contributed by atoms with Gasteiger partial charge in [0.15, 0.2) is 0 Å². The average Bonchev–Trinajstić information content (AvgIpc) is 3.27. The van der Waals surface area contributed by atoms with Crippen LogP contribution in [0.15, 0.2) is 18.6 Å². The first kappa shape index (κ1) is 15.1. The van der Waals surface area contributed by atoms with E-state index in [0.717, 1.165) is 42.8 Å². The summed E-state index contributed by atoms with van der Waals surface area (Å²) in [5, 5.41) is 8.15. The van der Waals surface area contributed by atoms with Crippen molar-refractivity contribution in [3.05, 3.63) is 18.6 Å². The second kappa shape index (κ2) is 5.89. The number of nitrogens with one attached hydrogen (secondary N) is 2. The van der Waals surface area contributed by atoms with Crippen molar-refractivity contribution in [2.45, 2.75) is 25.3 Å². The number of anilines is 1. The van der Waals surface area contributed by atoms with E-state index in [1.165, 1.54) is 6.21 Å². The largest absolute Gasteiger partial charge is 0.356 e. The lowest BCUT2D eigenvalue weighted by atomic mass is 10.0. The third kappa shape index (κ3) is 2.44. The van der Waals surface area contributed by atoms with Gasteiger partial charge >= 0.3 is 0 Å². The second-order valence-electron chi connectivity index (χ2n) is 6.90. The van der Waals surface area contributed by atoms with Crippen LogP contribution in [-0.2, 0) is 4.79 Å². The molecule has 2 fully saturated rings.